The molecule has 0 N–H and O–H groups in total. The van der Waals surface area contributed by atoms with E-state index in [2.05, 4.69) is 32.2 Å². The van der Waals surface area contributed by atoms with Crippen molar-refractivity contribution in [1.29, 1.82) is 0 Å². The number of allylic oxidation sites excluding steroid dienone is 2. The predicted octanol–water partition coefficient (Wildman–Crippen LogP) is 5.10. The number of unbranched alkanes of at least 4 members (excludes halogenated alkanes) is 1. The summed E-state index contributed by atoms with van der Waals surface area (Å²) >= 11 is 0. The number of hydrogen-bond donors (Lipinski definition) is 0. The Balaban J connectivity index is 1.73. The molecule has 0 aromatic heterocycles. The summed E-state index contributed by atoms with van der Waals surface area (Å²) in [5, 5.41) is 0. The highest BCUT2D eigenvalue weighted by Crippen LogP contribution is 2.46. The van der Waals surface area contributed by atoms with Crippen LogP contribution in [0.4, 0.5) is 0 Å². The van der Waals surface area contributed by atoms with Crippen molar-refractivity contribution in [2.75, 3.05) is 0 Å². The Kier molecular flexibility index (Phi) is 3.94. The lowest BCUT2D eigenvalue weighted by Gasteiger charge is -2.26. The minimum Gasteiger partial charge on any atom is -0.0851 e. The smallest absolute Gasteiger partial charge is 0.0473 e. The van der Waals surface area contributed by atoms with Crippen LogP contribution in [0.2, 0.25) is 25.2 Å². The van der Waals surface area contributed by atoms with Crippen molar-refractivity contribution in [3.05, 3.63) is 12.2 Å². The largest absolute Gasteiger partial charge is 0.0851 e. The van der Waals surface area contributed by atoms with Gasteiger partial charge >= 0.3 is 0 Å². The topological polar surface area (TPSA) is 0 Å². The quantitative estimate of drug-likeness (QED) is 0.445. The molecule has 16 heavy (non-hydrogen) atoms. The number of rotatable bonds is 6. The van der Waals surface area contributed by atoms with E-state index in [1.165, 1.54) is 32.1 Å². The lowest BCUT2D eigenvalue weighted by Crippen LogP contribution is -2.26. The molecule has 0 nitrogen and oxygen atoms in total. The van der Waals surface area contributed by atoms with Gasteiger partial charge in [-0.1, -0.05) is 63.5 Å². The van der Waals surface area contributed by atoms with E-state index >= 15 is 0 Å². The van der Waals surface area contributed by atoms with Crippen molar-refractivity contribution >= 4 is 8.07 Å². The van der Waals surface area contributed by atoms with Crippen LogP contribution in [0.15, 0.2) is 12.2 Å². The van der Waals surface area contributed by atoms with E-state index in [4.69, 9.17) is 0 Å². The van der Waals surface area contributed by atoms with Gasteiger partial charge in [0.25, 0.3) is 0 Å². The van der Waals surface area contributed by atoms with Crippen molar-refractivity contribution in [2.45, 2.75) is 64.2 Å². The van der Waals surface area contributed by atoms with Gasteiger partial charge in [0.1, 0.15) is 0 Å². The molecule has 3 atom stereocenters. The van der Waals surface area contributed by atoms with Crippen molar-refractivity contribution in [3.63, 3.8) is 0 Å². The van der Waals surface area contributed by atoms with Gasteiger partial charge in [0.05, 0.1) is 0 Å². The Morgan fingerprint density at radius 3 is 2.50 bits per heavy atom. The Bertz CT molecular complexity index is 254. The molecule has 1 heteroatoms. The van der Waals surface area contributed by atoms with Gasteiger partial charge in [-0.05, 0) is 30.6 Å². The summed E-state index contributed by atoms with van der Waals surface area (Å²) in [6.45, 7) is 7.53. The molecule has 92 valence electrons. The van der Waals surface area contributed by atoms with Crippen LogP contribution in [0.25, 0.3) is 0 Å². The molecule has 2 aliphatic rings. The summed E-state index contributed by atoms with van der Waals surface area (Å²) in [6, 6.07) is 3.13. The predicted molar refractivity (Wildman–Crippen MR) is 75.5 cm³/mol. The zero-order valence-electron chi connectivity index (χ0n) is 11.3. The first-order valence-corrected chi connectivity index (χ1v) is 10.7. The standard InChI is InChI=1S/C15H28Si/c1-4-5-9-16(2,3)10-8-15-12-13-6-7-14(15)11-13/h6-7,13-15H,4-5,8-12H2,1-3H3. The molecular formula is C15H28Si. The van der Waals surface area contributed by atoms with Crippen LogP contribution in [0.3, 0.4) is 0 Å². The highest BCUT2D eigenvalue weighted by atomic mass is 28.3. The van der Waals surface area contributed by atoms with Gasteiger partial charge < -0.3 is 0 Å². The summed E-state index contributed by atoms with van der Waals surface area (Å²) < 4.78 is 0. The molecule has 1 saturated carbocycles. The van der Waals surface area contributed by atoms with E-state index in [9.17, 15) is 0 Å². The lowest BCUT2D eigenvalue weighted by molar-refractivity contribution is 0.432. The Morgan fingerprint density at radius 1 is 1.12 bits per heavy atom. The molecule has 0 heterocycles. The summed E-state index contributed by atoms with van der Waals surface area (Å²) in [6.07, 6.45) is 12.4. The first-order chi connectivity index (χ1) is 7.61. The molecule has 0 amide bonds. The average Bonchev–Trinajstić information content (AvgIpc) is 2.85. The van der Waals surface area contributed by atoms with Gasteiger partial charge in [0.15, 0.2) is 0 Å². The maximum Gasteiger partial charge on any atom is 0.0473 e. The molecule has 0 aromatic rings. The van der Waals surface area contributed by atoms with Gasteiger partial charge in [-0.3, -0.25) is 0 Å². The molecule has 3 unspecified atom stereocenters. The third-order valence-electron chi connectivity index (χ3n) is 4.82. The molecule has 2 aliphatic carbocycles. The Hall–Kier alpha value is -0.0431. The monoisotopic (exact) mass is 236 g/mol. The minimum absolute atomic E-state index is 0.843. The highest BCUT2D eigenvalue weighted by molar-refractivity contribution is 6.77. The van der Waals surface area contributed by atoms with Gasteiger partial charge in [-0.2, -0.15) is 0 Å². The van der Waals surface area contributed by atoms with E-state index in [0.29, 0.717) is 0 Å². The van der Waals surface area contributed by atoms with Crippen LogP contribution in [0, 0.1) is 17.8 Å². The fourth-order valence-corrected chi connectivity index (χ4v) is 6.30. The summed E-state index contributed by atoms with van der Waals surface area (Å²) in [5.74, 6) is 3.00. The highest BCUT2D eigenvalue weighted by Gasteiger charge is 2.36. The second-order valence-corrected chi connectivity index (χ2v) is 12.2. The SMILES string of the molecule is CCCC[Si](C)(C)CCC1CC2C=CC1C2. The van der Waals surface area contributed by atoms with E-state index < -0.39 is 8.07 Å². The Labute approximate surface area is 103 Å². The van der Waals surface area contributed by atoms with Gasteiger partial charge in [0.2, 0.25) is 0 Å². The normalized spacial score (nSPS) is 32.6. The molecule has 0 radical (unpaired) electrons. The van der Waals surface area contributed by atoms with Gasteiger partial charge in [0, 0.05) is 8.07 Å². The molecule has 0 saturated heterocycles. The van der Waals surface area contributed by atoms with Crippen LogP contribution in [0.5, 0.6) is 0 Å². The van der Waals surface area contributed by atoms with E-state index in [-0.39, 0.29) is 0 Å². The van der Waals surface area contributed by atoms with Crippen LogP contribution in [-0.4, -0.2) is 8.07 Å². The van der Waals surface area contributed by atoms with Crippen LogP contribution < -0.4 is 0 Å². The van der Waals surface area contributed by atoms with Crippen molar-refractivity contribution in [2.24, 2.45) is 17.8 Å². The minimum atomic E-state index is -0.843. The van der Waals surface area contributed by atoms with Crippen LogP contribution >= 0.6 is 0 Å². The molecule has 0 aliphatic heterocycles. The number of hydrogen-bond acceptors (Lipinski definition) is 0. The second kappa shape index (κ2) is 5.08. The van der Waals surface area contributed by atoms with Crippen LogP contribution in [0.1, 0.15) is 39.0 Å². The summed E-state index contributed by atoms with van der Waals surface area (Å²) in [7, 11) is -0.843. The third kappa shape index (κ3) is 3.00. The van der Waals surface area contributed by atoms with E-state index in [0.717, 1.165) is 17.8 Å². The second-order valence-electron chi connectivity index (χ2n) is 6.85. The maximum absolute atomic E-state index is 2.60. The summed E-state index contributed by atoms with van der Waals surface area (Å²) in [4.78, 5) is 0. The fraction of sp³-hybridized carbons (Fsp3) is 0.867. The van der Waals surface area contributed by atoms with Crippen LogP contribution in [-0.2, 0) is 0 Å². The molecular weight excluding hydrogens is 208 g/mol. The molecule has 0 aromatic carbocycles. The summed E-state index contributed by atoms with van der Waals surface area (Å²) in [5.41, 5.74) is 0. The van der Waals surface area contributed by atoms with Crippen molar-refractivity contribution in [1.82, 2.24) is 0 Å². The molecule has 1 fully saturated rings. The first kappa shape index (κ1) is 12.4. The maximum atomic E-state index is 2.60. The molecule has 0 spiro atoms. The van der Waals surface area contributed by atoms with Crippen molar-refractivity contribution in [3.8, 4) is 0 Å². The molecule has 2 rings (SSSR count). The lowest BCUT2D eigenvalue weighted by atomic mass is 9.91. The zero-order valence-corrected chi connectivity index (χ0v) is 12.3. The molecule has 2 bridgehead atoms. The van der Waals surface area contributed by atoms with E-state index in [1.807, 2.05) is 0 Å². The van der Waals surface area contributed by atoms with E-state index in [1.54, 1.807) is 12.1 Å². The Morgan fingerprint density at radius 2 is 1.94 bits per heavy atom. The van der Waals surface area contributed by atoms with Crippen molar-refractivity contribution < 1.29 is 0 Å². The first-order valence-electron chi connectivity index (χ1n) is 7.29. The average molecular weight is 236 g/mol. The van der Waals surface area contributed by atoms with Gasteiger partial charge in [-0.25, -0.2) is 0 Å². The fourth-order valence-electron chi connectivity index (χ4n) is 3.58. The zero-order chi connectivity index (χ0) is 11.6. The van der Waals surface area contributed by atoms with Gasteiger partial charge in [-0.15, -0.1) is 0 Å². The third-order valence-corrected chi connectivity index (χ3v) is 8.16. The number of fused-ring (bicyclic) bond motifs is 2.